The molecule has 0 bridgehead atoms. The van der Waals surface area contributed by atoms with Gasteiger partial charge in [-0.15, -0.1) is 0 Å². The van der Waals surface area contributed by atoms with E-state index in [9.17, 15) is 30.6 Å². The predicted molar refractivity (Wildman–Crippen MR) is 144 cm³/mol. The number of hydrogen-bond donors (Lipinski definition) is 6. The Morgan fingerprint density at radius 3 is 1.78 bits per heavy atom. The summed E-state index contributed by atoms with van der Waals surface area (Å²) in [5.41, 5.74) is 6.18. The molecule has 1 aliphatic carbocycles. The highest BCUT2D eigenvalue weighted by Gasteiger charge is 2.40. The van der Waals surface area contributed by atoms with E-state index < -0.39 is 5.41 Å². The maximum atomic E-state index is 10.6. The fourth-order valence-corrected chi connectivity index (χ4v) is 5.99. The van der Waals surface area contributed by atoms with Gasteiger partial charge in [-0.2, -0.15) is 0 Å². The van der Waals surface area contributed by atoms with Gasteiger partial charge in [-0.1, -0.05) is 18.2 Å². The molecule has 0 saturated heterocycles. The second kappa shape index (κ2) is 10.5. The maximum absolute atomic E-state index is 10.6. The third-order valence-electron chi connectivity index (χ3n) is 8.12. The number of hydrogen-bond acceptors (Lipinski definition) is 6. The Hall–Kier alpha value is -3.48. The molecule has 0 heterocycles. The zero-order chi connectivity index (χ0) is 26.9. The van der Waals surface area contributed by atoms with E-state index in [0.29, 0.717) is 33.9 Å². The highest BCUT2D eigenvalue weighted by Crippen LogP contribution is 2.51. The summed E-state index contributed by atoms with van der Waals surface area (Å²) in [5.74, 6) is 0.632. The highest BCUT2D eigenvalue weighted by atomic mass is 16.3. The van der Waals surface area contributed by atoms with Crippen LogP contribution in [0, 0.1) is 20.8 Å². The smallest absolute Gasteiger partial charge is 0.128 e. The van der Waals surface area contributed by atoms with Gasteiger partial charge in [0.2, 0.25) is 0 Å². The lowest BCUT2D eigenvalue weighted by Crippen LogP contribution is -2.33. The molecule has 3 aromatic carbocycles. The van der Waals surface area contributed by atoms with Crippen molar-refractivity contribution in [3.05, 3.63) is 92.7 Å². The third-order valence-corrected chi connectivity index (χ3v) is 8.12. The van der Waals surface area contributed by atoms with Crippen molar-refractivity contribution in [3.8, 4) is 17.2 Å². The summed E-state index contributed by atoms with van der Waals surface area (Å²) in [6, 6.07) is 11.6. The molecule has 6 heteroatoms. The number of phenols is 3. The Morgan fingerprint density at radius 1 is 0.730 bits per heavy atom. The number of aliphatic hydroxyl groups excluding tert-OH is 3. The molecule has 1 aliphatic rings. The first kappa shape index (κ1) is 26.6. The van der Waals surface area contributed by atoms with Gasteiger partial charge in [-0.3, -0.25) is 0 Å². The number of phenolic OH excluding ortho intramolecular Hbond substituents is 1. The minimum absolute atomic E-state index is 0.0756. The van der Waals surface area contributed by atoms with Gasteiger partial charge < -0.3 is 30.6 Å². The SMILES string of the molecule is Cc1cc(C2CCC(c3cc(C)c(O)c(CO)c3)(c3cc(/C=C\O)c(O)c(CO)c3)CC2)cc(C)c1O. The van der Waals surface area contributed by atoms with Crippen LogP contribution in [0.5, 0.6) is 17.2 Å². The van der Waals surface area contributed by atoms with Crippen molar-refractivity contribution in [2.45, 2.75) is 71.0 Å². The summed E-state index contributed by atoms with van der Waals surface area (Å²) in [7, 11) is 0. The van der Waals surface area contributed by atoms with Crippen molar-refractivity contribution in [1.82, 2.24) is 0 Å². The Bertz CT molecular complexity index is 1310. The lowest BCUT2D eigenvalue weighted by molar-refractivity contribution is 0.272. The zero-order valence-electron chi connectivity index (χ0n) is 21.6. The molecular formula is C31H36O6. The van der Waals surface area contributed by atoms with Gasteiger partial charge in [-0.05, 0) is 110 Å². The van der Waals surface area contributed by atoms with Crippen molar-refractivity contribution in [2.75, 3.05) is 0 Å². The Labute approximate surface area is 217 Å². The van der Waals surface area contributed by atoms with E-state index >= 15 is 0 Å². The lowest BCUT2D eigenvalue weighted by atomic mass is 9.61. The summed E-state index contributed by atoms with van der Waals surface area (Å²) in [4.78, 5) is 0. The van der Waals surface area contributed by atoms with E-state index in [1.807, 2.05) is 45.0 Å². The fraction of sp³-hybridized carbons (Fsp3) is 0.355. The van der Waals surface area contributed by atoms with Gasteiger partial charge in [0.25, 0.3) is 0 Å². The minimum Gasteiger partial charge on any atom is -0.516 e. The first-order chi connectivity index (χ1) is 17.6. The molecule has 0 spiro atoms. The summed E-state index contributed by atoms with van der Waals surface area (Å²) in [6.45, 7) is 5.00. The number of aryl methyl sites for hydroxylation is 3. The van der Waals surface area contributed by atoms with Crippen LogP contribution in [0.4, 0.5) is 0 Å². The first-order valence-electron chi connectivity index (χ1n) is 12.7. The van der Waals surface area contributed by atoms with Gasteiger partial charge in [0.05, 0.1) is 19.5 Å². The van der Waals surface area contributed by atoms with Crippen LogP contribution in [0.25, 0.3) is 6.08 Å². The topological polar surface area (TPSA) is 121 Å². The van der Waals surface area contributed by atoms with Crippen LogP contribution in [0.1, 0.15) is 81.7 Å². The lowest BCUT2D eigenvalue weighted by Gasteiger charge is -2.42. The van der Waals surface area contributed by atoms with Crippen LogP contribution < -0.4 is 0 Å². The average molecular weight is 505 g/mol. The molecule has 4 rings (SSSR count). The molecule has 1 saturated carbocycles. The molecular weight excluding hydrogens is 468 g/mol. The van der Waals surface area contributed by atoms with Gasteiger partial charge in [0, 0.05) is 22.1 Å². The molecule has 196 valence electrons. The van der Waals surface area contributed by atoms with Crippen LogP contribution in [0.15, 0.2) is 42.7 Å². The molecule has 0 radical (unpaired) electrons. The van der Waals surface area contributed by atoms with Gasteiger partial charge in [0.1, 0.15) is 17.2 Å². The Morgan fingerprint density at radius 2 is 1.24 bits per heavy atom. The Kier molecular flexibility index (Phi) is 7.53. The molecule has 0 aliphatic heterocycles. The van der Waals surface area contributed by atoms with E-state index in [1.54, 1.807) is 0 Å². The molecule has 0 atom stereocenters. The van der Waals surface area contributed by atoms with E-state index in [-0.39, 0.29) is 24.7 Å². The van der Waals surface area contributed by atoms with E-state index in [0.717, 1.165) is 54.2 Å². The number of rotatable bonds is 6. The summed E-state index contributed by atoms with van der Waals surface area (Å²) >= 11 is 0. The van der Waals surface area contributed by atoms with Gasteiger partial charge in [0.15, 0.2) is 0 Å². The molecule has 0 amide bonds. The normalized spacial score (nSPS) is 20.0. The largest absolute Gasteiger partial charge is 0.516 e. The average Bonchev–Trinajstić information content (AvgIpc) is 2.89. The minimum atomic E-state index is -0.504. The molecule has 6 nitrogen and oxygen atoms in total. The van der Waals surface area contributed by atoms with Crippen molar-refractivity contribution in [3.63, 3.8) is 0 Å². The quantitative estimate of drug-likeness (QED) is 0.233. The number of aromatic hydroxyl groups is 3. The molecule has 1 fully saturated rings. The molecule has 6 N–H and O–H groups in total. The zero-order valence-corrected chi connectivity index (χ0v) is 21.6. The van der Waals surface area contributed by atoms with Crippen molar-refractivity contribution in [2.24, 2.45) is 0 Å². The molecule has 0 aromatic heterocycles. The summed E-state index contributed by atoms with van der Waals surface area (Å²) in [6.07, 6.45) is 5.50. The van der Waals surface area contributed by atoms with Crippen LogP contribution in [-0.4, -0.2) is 30.6 Å². The van der Waals surface area contributed by atoms with Crippen LogP contribution in [-0.2, 0) is 18.6 Å². The van der Waals surface area contributed by atoms with E-state index in [4.69, 9.17) is 0 Å². The highest BCUT2D eigenvalue weighted by molar-refractivity contribution is 5.62. The number of benzene rings is 3. The van der Waals surface area contributed by atoms with E-state index in [2.05, 4.69) is 12.1 Å². The summed E-state index contributed by atoms with van der Waals surface area (Å²) in [5, 5.41) is 60.7. The van der Waals surface area contributed by atoms with Crippen molar-refractivity contribution in [1.29, 1.82) is 0 Å². The number of aliphatic hydroxyl groups is 3. The van der Waals surface area contributed by atoms with Crippen LogP contribution >= 0.6 is 0 Å². The predicted octanol–water partition coefficient (Wildman–Crippen LogP) is 5.89. The first-order valence-corrected chi connectivity index (χ1v) is 12.7. The maximum Gasteiger partial charge on any atom is 0.128 e. The summed E-state index contributed by atoms with van der Waals surface area (Å²) < 4.78 is 0. The second-order valence-electron chi connectivity index (χ2n) is 10.4. The van der Waals surface area contributed by atoms with Crippen molar-refractivity contribution >= 4 is 6.08 Å². The molecule has 0 unspecified atom stereocenters. The van der Waals surface area contributed by atoms with Gasteiger partial charge in [-0.25, -0.2) is 0 Å². The van der Waals surface area contributed by atoms with Crippen LogP contribution in [0.2, 0.25) is 0 Å². The molecule has 37 heavy (non-hydrogen) atoms. The monoisotopic (exact) mass is 504 g/mol. The van der Waals surface area contributed by atoms with Crippen LogP contribution in [0.3, 0.4) is 0 Å². The second-order valence-corrected chi connectivity index (χ2v) is 10.4. The molecule has 3 aromatic rings. The Balaban J connectivity index is 1.86. The van der Waals surface area contributed by atoms with E-state index in [1.165, 1.54) is 11.6 Å². The fourth-order valence-electron chi connectivity index (χ4n) is 5.99. The van der Waals surface area contributed by atoms with Crippen molar-refractivity contribution < 1.29 is 30.6 Å². The third kappa shape index (κ3) is 4.79. The van der Waals surface area contributed by atoms with Gasteiger partial charge >= 0.3 is 0 Å². The standard InChI is InChI=1S/C31H36O6/c1-18-10-23(11-19(2)28(18)35)21-4-7-31(8-5-21,26-12-20(3)29(36)24(14-26)16-33)27-13-22(6-9-32)30(37)25(15-27)17-34/h6,9-15,21,32-37H,4-5,7-8,16-17H2,1-3H3/b9-6-.